The van der Waals surface area contributed by atoms with Crippen molar-refractivity contribution in [3.8, 4) is 0 Å². The minimum atomic E-state index is -3.63. The van der Waals surface area contributed by atoms with Crippen molar-refractivity contribution in [2.45, 2.75) is 48.4 Å². The minimum Gasteiger partial charge on any atom is -0.449 e. The smallest absolute Gasteiger partial charge is 0.411 e. The molecule has 0 saturated heterocycles. The van der Waals surface area contributed by atoms with Crippen molar-refractivity contribution < 1.29 is 27.1 Å². The van der Waals surface area contributed by atoms with Gasteiger partial charge in [0.25, 0.3) is 0 Å². The van der Waals surface area contributed by atoms with Crippen molar-refractivity contribution in [2.75, 3.05) is 36.7 Å². The van der Waals surface area contributed by atoms with Gasteiger partial charge in [-0.25, -0.2) is 18.2 Å². The van der Waals surface area contributed by atoms with Gasteiger partial charge in [-0.2, -0.15) is 0 Å². The van der Waals surface area contributed by atoms with Crippen molar-refractivity contribution in [3.63, 3.8) is 0 Å². The minimum absolute atomic E-state index is 0.0379. The van der Waals surface area contributed by atoms with Crippen molar-refractivity contribution in [3.05, 3.63) is 89.1 Å². The first-order chi connectivity index (χ1) is 21.5. The number of anilines is 3. The van der Waals surface area contributed by atoms with E-state index in [1.807, 2.05) is 37.3 Å². The predicted molar refractivity (Wildman–Crippen MR) is 171 cm³/mol. The highest BCUT2D eigenvalue weighted by molar-refractivity contribution is 7.92. The van der Waals surface area contributed by atoms with Gasteiger partial charge in [0.15, 0.2) is 9.84 Å². The number of nitrogens with zero attached hydrogens (tertiary/aromatic N) is 2. The Bertz CT molecular complexity index is 1910. The van der Waals surface area contributed by atoms with Crippen LogP contribution in [0.1, 0.15) is 47.1 Å². The number of fused-ring (bicyclic) bond motifs is 10. The largest absolute Gasteiger partial charge is 0.449 e. The first-order valence-corrected chi connectivity index (χ1v) is 16.2. The Morgan fingerprint density at radius 1 is 1.09 bits per heavy atom. The van der Waals surface area contributed by atoms with Crippen molar-refractivity contribution >= 4 is 49.8 Å². The molecule has 10 nitrogen and oxygen atoms in total. The molecule has 2 aliphatic heterocycles. The number of nitrogens with one attached hydrogen (secondary N) is 2. The van der Waals surface area contributed by atoms with E-state index in [0.717, 1.165) is 16.3 Å². The Morgan fingerprint density at radius 2 is 1.89 bits per heavy atom. The van der Waals surface area contributed by atoms with Crippen LogP contribution in [0.15, 0.2) is 71.8 Å². The molecule has 3 heterocycles. The van der Waals surface area contributed by atoms with Gasteiger partial charge < -0.3 is 20.7 Å². The van der Waals surface area contributed by atoms with Crippen molar-refractivity contribution in [2.24, 2.45) is 0 Å². The summed E-state index contributed by atoms with van der Waals surface area (Å²) in [6.45, 7) is 0.817. The molecule has 12 heteroatoms. The van der Waals surface area contributed by atoms with Crippen LogP contribution in [-0.2, 0) is 25.9 Å². The maximum atomic E-state index is 14.3. The number of benzene rings is 3. The van der Waals surface area contributed by atoms with Gasteiger partial charge >= 0.3 is 6.09 Å². The van der Waals surface area contributed by atoms with E-state index < -0.39 is 39.8 Å². The summed E-state index contributed by atoms with van der Waals surface area (Å²) in [5, 5.41) is 7.13. The second-order valence-electron chi connectivity index (χ2n) is 11.7. The number of sulfone groups is 1. The molecule has 45 heavy (non-hydrogen) atoms. The van der Waals surface area contributed by atoms with Crippen molar-refractivity contribution in [1.82, 2.24) is 9.88 Å². The Morgan fingerprint density at radius 3 is 2.62 bits per heavy atom. The fraction of sp³-hybridized carbons (Fsp3) is 0.303. The summed E-state index contributed by atoms with van der Waals surface area (Å²) in [7, 11) is -2.03. The van der Waals surface area contributed by atoms with Crippen LogP contribution in [-0.4, -0.2) is 55.9 Å². The number of pyridine rings is 1. The molecule has 0 spiro atoms. The highest BCUT2D eigenvalue weighted by Crippen LogP contribution is 2.37. The number of amides is 2. The molecular formula is C33H34FN5O5S. The highest BCUT2D eigenvalue weighted by Gasteiger charge is 2.38. The number of alkyl halides is 1. The van der Waals surface area contributed by atoms with E-state index in [-0.39, 0.29) is 24.0 Å². The van der Waals surface area contributed by atoms with Gasteiger partial charge in [0.05, 0.1) is 16.8 Å². The topological polar surface area (TPSA) is 144 Å². The summed E-state index contributed by atoms with van der Waals surface area (Å²) in [4.78, 5) is 32.6. The van der Waals surface area contributed by atoms with Crippen LogP contribution in [0.5, 0.6) is 0 Å². The number of likely N-dealkylation sites (N-methyl/N-ethyl adjacent to an activating group) is 1. The highest BCUT2D eigenvalue weighted by atomic mass is 32.2. The number of aryl methyl sites for hydroxylation is 1. The molecule has 0 radical (unpaired) electrons. The SMILES string of the molecule is Cc1cc2ccc1C(CF)COC(=O)Nc1ccc(S(=O)(=O)C3CC3)c(c1)CN(C)C(=O)C2Nc1ccc2c(N)nccc2c1. The first-order valence-electron chi connectivity index (χ1n) is 14.7. The average Bonchev–Trinajstić information content (AvgIpc) is 3.87. The van der Waals surface area contributed by atoms with Gasteiger partial charge in [-0.15, -0.1) is 0 Å². The number of hydrogen-bond acceptors (Lipinski definition) is 8. The second kappa shape index (κ2) is 12.0. The normalized spacial score (nSPS) is 19.3. The van der Waals surface area contributed by atoms with Crippen LogP contribution >= 0.6 is 0 Å². The number of carbonyl (C=O) groups excluding carboxylic acids is 2. The summed E-state index contributed by atoms with van der Waals surface area (Å²) >= 11 is 0. The summed E-state index contributed by atoms with van der Waals surface area (Å²) in [5.74, 6) is -0.644. The zero-order chi connectivity index (χ0) is 31.9. The third kappa shape index (κ3) is 6.15. The lowest BCUT2D eigenvalue weighted by atomic mass is 9.92. The van der Waals surface area contributed by atoms with Crippen LogP contribution in [0.25, 0.3) is 10.8 Å². The van der Waals surface area contributed by atoms with Gasteiger partial charge in [0.1, 0.15) is 18.5 Å². The Balaban J connectivity index is 1.44. The van der Waals surface area contributed by atoms with E-state index in [4.69, 9.17) is 10.5 Å². The Kier molecular flexibility index (Phi) is 8.08. The molecule has 1 aromatic heterocycles. The quantitative estimate of drug-likeness (QED) is 0.263. The Hall–Kier alpha value is -4.71. The van der Waals surface area contributed by atoms with E-state index in [1.54, 1.807) is 31.4 Å². The lowest BCUT2D eigenvalue weighted by molar-refractivity contribution is -0.131. The molecule has 4 bridgehead atoms. The third-order valence-corrected chi connectivity index (χ3v) is 10.7. The molecular weight excluding hydrogens is 597 g/mol. The molecule has 4 N–H and O–H groups in total. The maximum Gasteiger partial charge on any atom is 0.411 e. The van der Waals surface area contributed by atoms with E-state index in [9.17, 15) is 22.4 Å². The summed E-state index contributed by atoms with van der Waals surface area (Å²) in [6, 6.07) is 16.3. The van der Waals surface area contributed by atoms with E-state index in [2.05, 4.69) is 15.6 Å². The molecule has 234 valence electrons. The zero-order valence-corrected chi connectivity index (χ0v) is 25.7. The average molecular weight is 632 g/mol. The molecule has 3 aromatic carbocycles. The monoisotopic (exact) mass is 631 g/mol. The second-order valence-corrected chi connectivity index (χ2v) is 13.9. The zero-order valence-electron chi connectivity index (χ0n) is 24.9. The third-order valence-electron chi connectivity index (χ3n) is 8.38. The van der Waals surface area contributed by atoms with E-state index in [0.29, 0.717) is 46.7 Å². The summed E-state index contributed by atoms with van der Waals surface area (Å²) in [6.07, 6.45) is 1.98. The molecule has 1 fully saturated rings. The number of ether oxygens (including phenoxy) is 1. The van der Waals surface area contributed by atoms with Crippen LogP contribution < -0.4 is 16.4 Å². The summed E-state index contributed by atoms with van der Waals surface area (Å²) < 4.78 is 46.3. The van der Waals surface area contributed by atoms with Gasteiger partial charge in [-0.1, -0.05) is 18.2 Å². The molecule has 2 atom stereocenters. The van der Waals surface area contributed by atoms with Gasteiger partial charge in [-0.05, 0) is 89.9 Å². The molecule has 2 amide bonds. The summed E-state index contributed by atoms with van der Waals surface area (Å²) in [5.41, 5.74) is 9.38. The van der Waals surface area contributed by atoms with Crippen molar-refractivity contribution in [1.29, 1.82) is 0 Å². The molecule has 3 aliphatic rings. The number of aromatic nitrogens is 1. The number of rotatable bonds is 5. The lowest BCUT2D eigenvalue weighted by Crippen LogP contribution is -2.35. The fourth-order valence-corrected chi connectivity index (χ4v) is 7.66. The van der Waals surface area contributed by atoms with E-state index >= 15 is 0 Å². The number of nitrogen functional groups attached to an aromatic ring is 1. The standard InChI is InChI=1S/C33H34FN5O5S/c1-19-13-21-3-8-27(19)23(16-34)18-44-33(41)38-25-5-10-29(45(42,43)26-6-7-26)22(15-25)17-39(2)32(40)30(21)37-24-4-9-28-20(14-24)11-12-36-31(28)35/h3-5,8-15,23,26,30,37H,6-7,16-18H2,1-2H3,(H2,35,36)(H,38,41). The molecule has 2 unspecified atom stereocenters. The van der Waals surface area contributed by atoms with Gasteiger partial charge in [-0.3, -0.25) is 14.5 Å². The molecule has 1 aliphatic carbocycles. The van der Waals surface area contributed by atoms with Gasteiger partial charge in [0.2, 0.25) is 5.91 Å². The molecule has 4 aromatic rings. The number of nitrogens with two attached hydrogens (primary N) is 1. The van der Waals surface area contributed by atoms with Gasteiger partial charge in [0, 0.05) is 42.5 Å². The van der Waals surface area contributed by atoms with Crippen LogP contribution in [0.4, 0.5) is 26.4 Å². The number of carbonyl (C=O) groups is 2. The molecule has 1 saturated carbocycles. The number of halogens is 1. The maximum absolute atomic E-state index is 14.3. The van der Waals surface area contributed by atoms with Crippen LogP contribution in [0.3, 0.4) is 0 Å². The fourth-order valence-electron chi connectivity index (χ4n) is 5.80. The van der Waals surface area contributed by atoms with E-state index in [1.165, 1.54) is 17.0 Å². The predicted octanol–water partition coefficient (Wildman–Crippen LogP) is 5.49. The van der Waals surface area contributed by atoms with Crippen LogP contribution in [0, 0.1) is 6.92 Å². The lowest BCUT2D eigenvalue weighted by Gasteiger charge is -2.28. The first kappa shape index (κ1) is 30.3. The Labute approximate surface area is 260 Å². The number of hydrogen-bond donors (Lipinski definition) is 3. The molecule has 7 rings (SSSR count). The van der Waals surface area contributed by atoms with Crippen LogP contribution in [0.2, 0.25) is 0 Å².